The molecule has 21 heteroatoms. The van der Waals surface area contributed by atoms with Crippen molar-refractivity contribution in [1.29, 1.82) is 0 Å². The van der Waals surface area contributed by atoms with Crippen LogP contribution in [-0.2, 0) is 6.18 Å². The molecule has 1 aromatic rings. The highest BCUT2D eigenvalue weighted by Gasteiger charge is 2.95. The van der Waals surface area contributed by atoms with E-state index in [0.29, 0.717) is 22.6 Å². The third-order valence-electron chi connectivity index (χ3n) is 4.54. The van der Waals surface area contributed by atoms with Crippen LogP contribution in [0, 0.1) is 0 Å². The van der Waals surface area contributed by atoms with Crippen molar-refractivity contribution in [2.45, 2.75) is 53.8 Å². The Kier molecular flexibility index (Phi) is 8.53. The van der Waals surface area contributed by atoms with E-state index < -0.39 is 74.6 Å². The minimum Gasteiger partial charge on any atom is -0.195 e. The quantitative estimate of drug-likeness (QED) is 0.186. The smallest absolute Gasteiger partial charge is 0.195 e. The highest BCUT2D eigenvalue weighted by Crippen LogP contribution is 2.64. The zero-order valence-corrected chi connectivity index (χ0v) is 19.0. The van der Waals surface area contributed by atoms with Gasteiger partial charge in [0.15, 0.2) is 0 Å². The minimum atomic E-state index is -8.74. The van der Waals surface area contributed by atoms with E-state index in [9.17, 15) is 87.8 Å². The first-order valence-electron chi connectivity index (χ1n) is 8.62. The fourth-order valence-electron chi connectivity index (χ4n) is 2.33. The van der Waals surface area contributed by atoms with Crippen molar-refractivity contribution in [1.82, 2.24) is 0 Å². The zero-order chi connectivity index (χ0) is 30.8. The Morgan fingerprint density at radius 2 is 0.789 bits per heavy atom. The Balaban J connectivity index is 3.63. The number of hydrogen-bond donors (Lipinski definition) is 0. The molecule has 0 radical (unpaired) electrons. The molecule has 0 unspecified atom stereocenters. The molecular weight excluding hydrogens is 711 g/mol. The number of halogens is 21. The van der Waals surface area contributed by atoms with E-state index in [2.05, 4.69) is 0 Å². The summed E-state index contributed by atoms with van der Waals surface area (Å²) in [4.78, 5) is 0. The van der Waals surface area contributed by atoms with E-state index in [4.69, 9.17) is 0 Å². The van der Waals surface area contributed by atoms with Gasteiger partial charge >= 0.3 is 53.8 Å². The molecule has 0 aliphatic heterocycles. The fourth-order valence-corrected chi connectivity index (χ4v) is 3.08. The SMILES string of the molecule is FC(F)(F)c1ccc(/C(I)=C\C(F)(F)C(F)(F)C(F)(F)C(F)(F)C(F)(F)C(F)(F)C(F)(F)C(F)(F)F)cc1. The topological polar surface area (TPSA) is 0 Å². The van der Waals surface area contributed by atoms with E-state index >= 15 is 0 Å². The Morgan fingerprint density at radius 3 is 1.11 bits per heavy atom. The number of allylic oxidation sites excluding steroid dienone is 1. The first-order valence-corrected chi connectivity index (χ1v) is 9.70. The lowest BCUT2D eigenvalue weighted by molar-refractivity contribution is -0.459. The molecule has 0 heterocycles. The second kappa shape index (κ2) is 9.44. The zero-order valence-electron chi connectivity index (χ0n) is 16.8. The van der Waals surface area contributed by atoms with Crippen LogP contribution in [0.2, 0.25) is 0 Å². The molecule has 0 aliphatic carbocycles. The third-order valence-corrected chi connectivity index (χ3v) is 5.48. The van der Waals surface area contributed by atoms with Gasteiger partial charge in [0.1, 0.15) is 0 Å². The molecular formula is C17H5F20I. The maximum Gasteiger partial charge on any atom is 0.460 e. The van der Waals surface area contributed by atoms with Gasteiger partial charge in [0, 0.05) is 9.66 Å². The van der Waals surface area contributed by atoms with Gasteiger partial charge in [-0.2, -0.15) is 87.8 Å². The molecule has 1 aromatic carbocycles. The van der Waals surface area contributed by atoms with Crippen LogP contribution in [0.1, 0.15) is 11.1 Å². The molecule has 0 spiro atoms. The van der Waals surface area contributed by atoms with Crippen molar-refractivity contribution in [3.8, 4) is 0 Å². The van der Waals surface area contributed by atoms with Crippen LogP contribution >= 0.6 is 22.6 Å². The van der Waals surface area contributed by atoms with Gasteiger partial charge in [0.05, 0.1) is 5.56 Å². The molecule has 0 bridgehead atoms. The summed E-state index contributed by atoms with van der Waals surface area (Å²) in [6.07, 6.45) is -14.3. The van der Waals surface area contributed by atoms with E-state index in [1.807, 2.05) is 0 Å². The lowest BCUT2D eigenvalue weighted by Gasteiger charge is -2.42. The maximum absolute atomic E-state index is 14.0. The summed E-state index contributed by atoms with van der Waals surface area (Å²) < 4.78 is 261. The number of benzene rings is 1. The molecule has 38 heavy (non-hydrogen) atoms. The number of rotatable bonds is 8. The largest absolute Gasteiger partial charge is 0.460 e. The molecule has 0 atom stereocenters. The van der Waals surface area contributed by atoms with Crippen LogP contribution in [0.5, 0.6) is 0 Å². The summed E-state index contributed by atoms with van der Waals surface area (Å²) in [7, 11) is 0. The summed E-state index contributed by atoms with van der Waals surface area (Å²) in [5.41, 5.74) is -2.39. The molecule has 1 rings (SSSR count). The van der Waals surface area contributed by atoms with E-state index in [0.717, 1.165) is 0 Å². The van der Waals surface area contributed by atoms with E-state index in [-0.39, 0.29) is 24.3 Å². The third kappa shape index (κ3) is 5.10. The monoisotopic (exact) mass is 716 g/mol. The molecule has 0 aromatic heterocycles. The first-order chi connectivity index (χ1) is 16.3. The molecule has 0 saturated heterocycles. The van der Waals surface area contributed by atoms with Crippen molar-refractivity contribution < 1.29 is 87.8 Å². The number of alkyl halides is 20. The lowest BCUT2D eigenvalue weighted by atomic mass is 9.89. The van der Waals surface area contributed by atoms with Gasteiger partial charge in [-0.1, -0.05) is 12.1 Å². The van der Waals surface area contributed by atoms with Gasteiger partial charge in [-0.25, -0.2) is 0 Å². The minimum absolute atomic E-state index is 0.129. The van der Waals surface area contributed by atoms with Gasteiger partial charge in [-0.3, -0.25) is 0 Å². The van der Waals surface area contributed by atoms with Crippen LogP contribution in [0.25, 0.3) is 3.58 Å². The Morgan fingerprint density at radius 1 is 0.474 bits per heavy atom. The maximum atomic E-state index is 14.0. The average Bonchev–Trinajstić information content (AvgIpc) is 2.71. The van der Waals surface area contributed by atoms with E-state index in [1.54, 1.807) is 0 Å². The molecule has 0 nitrogen and oxygen atoms in total. The molecule has 0 aliphatic rings. The van der Waals surface area contributed by atoms with Gasteiger partial charge in [0.2, 0.25) is 0 Å². The fraction of sp³-hybridized carbons (Fsp3) is 0.529. The molecule has 220 valence electrons. The summed E-state index contributed by atoms with van der Waals surface area (Å²) in [5.74, 6) is -57.5. The van der Waals surface area contributed by atoms with Crippen LogP contribution in [0.4, 0.5) is 87.8 Å². The van der Waals surface area contributed by atoms with Gasteiger partial charge < -0.3 is 0 Å². The highest BCUT2D eigenvalue weighted by molar-refractivity contribution is 14.1. The predicted molar refractivity (Wildman–Crippen MR) is 94.1 cm³/mol. The molecule has 0 amide bonds. The highest BCUT2D eigenvalue weighted by atomic mass is 127. The Bertz CT molecular complexity index is 1030. The van der Waals surface area contributed by atoms with Crippen LogP contribution in [-0.4, -0.2) is 47.6 Å². The predicted octanol–water partition coefficient (Wildman–Crippen LogP) is 9.49. The first kappa shape index (κ1) is 34.3. The normalized spacial score (nSPS) is 16.2. The van der Waals surface area contributed by atoms with Gasteiger partial charge in [0.25, 0.3) is 0 Å². The molecule has 0 saturated carbocycles. The molecule has 0 fully saturated rings. The Labute approximate surface area is 209 Å². The summed E-state index contributed by atoms with van der Waals surface area (Å²) in [6.45, 7) is 0. The van der Waals surface area contributed by atoms with Crippen molar-refractivity contribution >= 4 is 26.2 Å². The van der Waals surface area contributed by atoms with Gasteiger partial charge in [-0.15, -0.1) is 0 Å². The van der Waals surface area contributed by atoms with Crippen LogP contribution < -0.4 is 0 Å². The standard InChI is InChI=1S/C17H5F20I/c18-9(19,5-8(38)6-1-3-7(4-2-6)10(20,21)22)11(23,24)12(25,26)13(27,28)14(29,30)15(31,32)16(33,34)17(35,36)37/h1-5H/b8-5+. The summed E-state index contributed by atoms with van der Waals surface area (Å²) in [5, 5.41) is 0. The van der Waals surface area contributed by atoms with Gasteiger partial charge in [-0.05, 0) is 40.3 Å². The van der Waals surface area contributed by atoms with Crippen molar-refractivity contribution in [2.75, 3.05) is 0 Å². The molecule has 0 N–H and O–H groups in total. The van der Waals surface area contributed by atoms with Crippen molar-refractivity contribution in [2.24, 2.45) is 0 Å². The van der Waals surface area contributed by atoms with Crippen molar-refractivity contribution in [3.63, 3.8) is 0 Å². The van der Waals surface area contributed by atoms with E-state index in [1.165, 1.54) is 0 Å². The Hall–Kier alpha value is -1.71. The van der Waals surface area contributed by atoms with Crippen LogP contribution in [0.15, 0.2) is 30.3 Å². The second-order valence-corrected chi connectivity index (χ2v) is 8.30. The summed E-state index contributed by atoms with van der Waals surface area (Å²) in [6, 6.07) is 0.778. The van der Waals surface area contributed by atoms with Crippen molar-refractivity contribution in [3.05, 3.63) is 41.5 Å². The van der Waals surface area contributed by atoms with Crippen LogP contribution in [0.3, 0.4) is 0 Å². The lowest BCUT2D eigenvalue weighted by Crippen LogP contribution is -2.74. The number of hydrogen-bond acceptors (Lipinski definition) is 0. The second-order valence-electron chi connectivity index (χ2n) is 7.13. The average molecular weight is 716 g/mol. The summed E-state index contributed by atoms with van der Waals surface area (Å²) >= 11 is 0.544.